The number of nitrogens with zero attached hydrogens (tertiary/aromatic N) is 2. The van der Waals surface area contributed by atoms with E-state index >= 15 is 0 Å². The van der Waals surface area contributed by atoms with Crippen LogP contribution in [-0.4, -0.2) is 23.8 Å². The number of hydrogen-bond acceptors (Lipinski definition) is 3. The van der Waals surface area contributed by atoms with Crippen molar-refractivity contribution in [1.82, 2.24) is 10.3 Å². The summed E-state index contributed by atoms with van der Waals surface area (Å²) in [6.07, 6.45) is -3.99. The van der Waals surface area contributed by atoms with E-state index < -0.39 is 29.0 Å². The molecule has 26 heavy (non-hydrogen) atoms. The van der Waals surface area contributed by atoms with Crippen LogP contribution in [0.15, 0.2) is 35.3 Å². The largest absolute Gasteiger partial charge is 0.433 e. The molecule has 134 valence electrons. The molecule has 2 aromatic rings. The van der Waals surface area contributed by atoms with Crippen LogP contribution in [0, 0.1) is 5.82 Å². The molecular weight excluding hydrogens is 350 g/mol. The van der Waals surface area contributed by atoms with Crippen molar-refractivity contribution < 1.29 is 22.4 Å². The van der Waals surface area contributed by atoms with Gasteiger partial charge >= 0.3 is 6.18 Å². The molecule has 1 aliphatic carbocycles. The van der Waals surface area contributed by atoms with Gasteiger partial charge in [-0.3, -0.25) is 9.79 Å². The van der Waals surface area contributed by atoms with Crippen LogP contribution in [0.4, 0.5) is 17.6 Å². The Morgan fingerprint density at radius 1 is 1.23 bits per heavy atom. The van der Waals surface area contributed by atoms with E-state index in [4.69, 9.17) is 0 Å². The molecule has 4 rings (SSSR count). The van der Waals surface area contributed by atoms with E-state index in [1.807, 2.05) is 0 Å². The van der Waals surface area contributed by atoms with Crippen LogP contribution in [0.5, 0.6) is 0 Å². The Bertz CT molecular complexity index is 967. The molecule has 2 heterocycles. The third-order valence-corrected chi connectivity index (χ3v) is 4.99. The van der Waals surface area contributed by atoms with Gasteiger partial charge in [0.1, 0.15) is 22.8 Å². The number of halogens is 4. The Kier molecular flexibility index (Phi) is 3.44. The predicted octanol–water partition coefficient (Wildman–Crippen LogP) is 2.98. The Hall–Kier alpha value is -2.77. The van der Waals surface area contributed by atoms with Gasteiger partial charge in [-0.2, -0.15) is 13.2 Å². The highest BCUT2D eigenvalue weighted by Crippen LogP contribution is 2.47. The Labute approximate surface area is 146 Å². The number of carbonyl (C=O) groups is 1. The Morgan fingerprint density at radius 2 is 2.00 bits per heavy atom. The Balaban J connectivity index is 2.05. The second-order valence-electron chi connectivity index (χ2n) is 6.32. The van der Waals surface area contributed by atoms with Crippen LogP contribution < -0.4 is 5.32 Å². The van der Waals surface area contributed by atoms with E-state index in [2.05, 4.69) is 15.3 Å². The van der Waals surface area contributed by atoms with E-state index in [1.165, 1.54) is 25.2 Å². The maximum atomic E-state index is 13.9. The van der Waals surface area contributed by atoms with Gasteiger partial charge in [0.05, 0.1) is 5.69 Å². The molecule has 0 saturated heterocycles. The average molecular weight is 363 g/mol. The summed E-state index contributed by atoms with van der Waals surface area (Å²) in [4.78, 5) is 20.7. The number of carbonyl (C=O) groups excluding carboxylic acids is 1. The third-order valence-electron chi connectivity index (χ3n) is 4.99. The number of hydrogen-bond donors (Lipinski definition) is 1. The highest BCUT2D eigenvalue weighted by atomic mass is 19.4. The molecule has 1 N–H and O–H groups in total. The van der Waals surface area contributed by atoms with Gasteiger partial charge in [0, 0.05) is 12.6 Å². The Morgan fingerprint density at radius 3 is 2.69 bits per heavy atom. The van der Waals surface area contributed by atoms with Crippen molar-refractivity contribution in [3.63, 3.8) is 0 Å². The predicted molar refractivity (Wildman–Crippen MR) is 85.3 cm³/mol. The molecule has 0 fully saturated rings. The summed E-state index contributed by atoms with van der Waals surface area (Å²) >= 11 is 0. The maximum absolute atomic E-state index is 13.9. The molecule has 2 aliphatic rings. The number of aliphatic imine (C=N–C) groups is 1. The van der Waals surface area contributed by atoms with Crippen LogP contribution in [0.25, 0.3) is 0 Å². The normalized spacial score (nSPS) is 23.1. The smallest absolute Gasteiger partial charge is 0.309 e. The molecule has 0 radical (unpaired) electrons. The van der Waals surface area contributed by atoms with E-state index in [9.17, 15) is 22.4 Å². The minimum absolute atomic E-state index is 0.0268. The maximum Gasteiger partial charge on any atom is 0.433 e. The fourth-order valence-electron chi connectivity index (χ4n) is 3.80. The number of benzene rings is 1. The molecule has 4 nitrogen and oxygen atoms in total. The van der Waals surface area contributed by atoms with Gasteiger partial charge in [-0.1, -0.05) is 6.07 Å². The summed E-state index contributed by atoms with van der Waals surface area (Å²) in [5.41, 5.74) is -1.17. The number of amides is 1. The molecule has 1 spiro atoms. The number of fused-ring (bicyclic) bond motifs is 4. The molecule has 1 aliphatic heterocycles. The van der Waals surface area contributed by atoms with E-state index in [0.717, 1.165) is 11.6 Å². The fourth-order valence-corrected chi connectivity index (χ4v) is 3.80. The first-order chi connectivity index (χ1) is 12.3. The van der Waals surface area contributed by atoms with Gasteiger partial charge in [0.25, 0.3) is 0 Å². The molecule has 8 heteroatoms. The third kappa shape index (κ3) is 2.17. The second-order valence-corrected chi connectivity index (χ2v) is 6.32. The molecule has 0 bridgehead atoms. The van der Waals surface area contributed by atoms with Crippen molar-refractivity contribution in [3.05, 3.63) is 64.2 Å². The lowest BCUT2D eigenvalue weighted by Gasteiger charge is -2.35. The van der Waals surface area contributed by atoms with Crippen molar-refractivity contribution in [2.24, 2.45) is 4.99 Å². The van der Waals surface area contributed by atoms with E-state index in [0.29, 0.717) is 17.5 Å². The number of alkyl halides is 3. The first-order valence-electron chi connectivity index (χ1n) is 7.93. The zero-order valence-corrected chi connectivity index (χ0v) is 13.6. The van der Waals surface area contributed by atoms with E-state index in [-0.39, 0.29) is 18.0 Å². The number of aromatic nitrogens is 1. The highest BCUT2D eigenvalue weighted by Gasteiger charge is 2.53. The summed E-state index contributed by atoms with van der Waals surface area (Å²) < 4.78 is 53.5. The van der Waals surface area contributed by atoms with Crippen LogP contribution in [0.3, 0.4) is 0 Å². The van der Waals surface area contributed by atoms with Crippen molar-refractivity contribution in [2.75, 3.05) is 7.05 Å². The van der Waals surface area contributed by atoms with Crippen molar-refractivity contribution in [3.8, 4) is 0 Å². The van der Waals surface area contributed by atoms with Gasteiger partial charge < -0.3 is 5.32 Å². The lowest BCUT2D eigenvalue weighted by molar-refractivity contribution is -0.141. The lowest BCUT2D eigenvalue weighted by Crippen LogP contribution is -2.52. The molecule has 1 atom stereocenters. The monoisotopic (exact) mass is 363 g/mol. The van der Waals surface area contributed by atoms with Gasteiger partial charge in [-0.05, 0) is 48.2 Å². The summed E-state index contributed by atoms with van der Waals surface area (Å²) in [5.74, 6) is -0.940. The van der Waals surface area contributed by atoms with Crippen molar-refractivity contribution >= 4 is 11.7 Å². The van der Waals surface area contributed by atoms with Crippen molar-refractivity contribution in [1.29, 1.82) is 0 Å². The van der Waals surface area contributed by atoms with Gasteiger partial charge in [0.2, 0.25) is 5.91 Å². The number of pyridine rings is 1. The summed E-state index contributed by atoms with van der Waals surface area (Å²) in [6.45, 7) is 0. The zero-order valence-electron chi connectivity index (χ0n) is 13.6. The number of aryl methyl sites for hydroxylation is 1. The van der Waals surface area contributed by atoms with Gasteiger partial charge in [-0.15, -0.1) is 0 Å². The summed E-state index contributed by atoms with van der Waals surface area (Å²) in [5, 5.41) is 2.64. The topological polar surface area (TPSA) is 54.4 Å². The molecule has 1 aromatic heterocycles. The number of nitrogens with one attached hydrogen (secondary N) is 1. The molecule has 0 saturated carbocycles. The molecule has 0 unspecified atom stereocenters. The SMILES string of the molecule is CN=C1NC(=O)[C@@]2(CCc3ccc(F)cc32)c2nc(C(F)(F)F)ccc21. The fraction of sp³-hybridized carbons (Fsp3) is 0.278. The first-order valence-corrected chi connectivity index (χ1v) is 7.93. The lowest BCUT2D eigenvalue weighted by atomic mass is 9.73. The van der Waals surface area contributed by atoms with E-state index in [1.54, 1.807) is 6.07 Å². The molecule has 1 aromatic carbocycles. The van der Waals surface area contributed by atoms with Crippen LogP contribution in [0.1, 0.15) is 34.5 Å². The standard InChI is InChI=1S/C18H13F4N3O/c1-23-15-11-4-5-13(18(20,21)22)24-14(11)17(16(26)25-15)7-6-9-2-3-10(19)8-12(9)17/h2-5,8H,6-7H2,1H3,(H,23,25,26)/t17-/m1/s1. The van der Waals surface area contributed by atoms with Gasteiger partial charge in [0.15, 0.2) is 0 Å². The molecular formula is C18H13F4N3O. The van der Waals surface area contributed by atoms with Crippen LogP contribution in [0.2, 0.25) is 0 Å². The summed E-state index contributed by atoms with van der Waals surface area (Å²) in [7, 11) is 1.43. The highest BCUT2D eigenvalue weighted by molar-refractivity contribution is 6.16. The quantitative estimate of drug-likeness (QED) is 0.732. The average Bonchev–Trinajstić information content (AvgIpc) is 2.97. The minimum atomic E-state index is -4.66. The van der Waals surface area contributed by atoms with Gasteiger partial charge in [-0.25, -0.2) is 9.37 Å². The first kappa shape index (κ1) is 16.7. The number of rotatable bonds is 0. The minimum Gasteiger partial charge on any atom is -0.309 e. The van der Waals surface area contributed by atoms with Crippen LogP contribution in [-0.2, 0) is 22.8 Å². The van der Waals surface area contributed by atoms with Crippen LogP contribution >= 0.6 is 0 Å². The number of amidine groups is 1. The van der Waals surface area contributed by atoms with Crippen molar-refractivity contribution in [2.45, 2.75) is 24.4 Å². The zero-order chi connectivity index (χ0) is 18.7. The second kappa shape index (κ2) is 5.36. The summed E-state index contributed by atoms with van der Waals surface area (Å²) in [6, 6.07) is 6.16. The molecule has 1 amide bonds.